The van der Waals surface area contributed by atoms with Gasteiger partial charge in [-0.3, -0.25) is 9.69 Å². The molecule has 2 fully saturated rings. The normalized spacial score (nSPS) is 19.9. The summed E-state index contributed by atoms with van der Waals surface area (Å²) in [6.45, 7) is 8.28. The molecule has 1 amide bonds. The highest BCUT2D eigenvalue weighted by molar-refractivity contribution is 6.27. The van der Waals surface area contributed by atoms with E-state index in [2.05, 4.69) is 60.4 Å². The first kappa shape index (κ1) is 25.4. The van der Waals surface area contributed by atoms with Gasteiger partial charge >= 0.3 is 11.9 Å². The minimum absolute atomic E-state index is 0.249. The molecule has 1 atom stereocenters. The molecule has 34 heavy (non-hydrogen) atoms. The van der Waals surface area contributed by atoms with Crippen molar-refractivity contribution >= 4 is 17.8 Å². The third-order valence-corrected chi connectivity index (χ3v) is 6.60. The molecule has 8 nitrogen and oxygen atoms in total. The molecule has 2 heterocycles. The summed E-state index contributed by atoms with van der Waals surface area (Å²) < 4.78 is 5.50. The van der Waals surface area contributed by atoms with Gasteiger partial charge in [0, 0.05) is 32.1 Å². The Morgan fingerprint density at radius 2 is 1.44 bits per heavy atom. The molecule has 2 saturated heterocycles. The van der Waals surface area contributed by atoms with Gasteiger partial charge in [0.05, 0.1) is 13.2 Å². The number of carbonyl (C=O) groups is 3. The number of benzene rings is 2. The Morgan fingerprint density at radius 3 is 1.88 bits per heavy atom. The van der Waals surface area contributed by atoms with E-state index in [1.54, 1.807) is 0 Å². The fourth-order valence-corrected chi connectivity index (χ4v) is 4.94. The van der Waals surface area contributed by atoms with Crippen molar-refractivity contribution in [3.05, 3.63) is 71.8 Å². The first-order chi connectivity index (χ1) is 16.4. The van der Waals surface area contributed by atoms with Crippen LogP contribution in [-0.2, 0) is 24.5 Å². The second-order valence-corrected chi connectivity index (χ2v) is 8.43. The molecule has 0 unspecified atom stereocenters. The largest absolute Gasteiger partial charge is 0.473 e. The van der Waals surface area contributed by atoms with Crippen molar-refractivity contribution in [2.75, 3.05) is 45.9 Å². The lowest BCUT2D eigenvalue weighted by Gasteiger charge is -2.36. The second kappa shape index (κ2) is 11.8. The van der Waals surface area contributed by atoms with E-state index < -0.39 is 17.4 Å². The quantitative estimate of drug-likeness (QED) is 0.627. The summed E-state index contributed by atoms with van der Waals surface area (Å²) >= 11 is 0. The lowest BCUT2D eigenvalue weighted by Crippen LogP contribution is -2.43. The Kier molecular flexibility index (Phi) is 8.79. The number of amides is 1. The summed E-state index contributed by atoms with van der Waals surface area (Å²) in [4.78, 5) is 36.5. The van der Waals surface area contributed by atoms with Crippen molar-refractivity contribution in [3.8, 4) is 0 Å². The van der Waals surface area contributed by atoms with Crippen LogP contribution in [0.25, 0.3) is 0 Å². The number of nitrogens with zero attached hydrogens (tertiary/aromatic N) is 2. The van der Waals surface area contributed by atoms with Crippen molar-refractivity contribution in [1.29, 1.82) is 0 Å². The number of aliphatic carboxylic acids is 2. The zero-order valence-corrected chi connectivity index (χ0v) is 19.4. The third-order valence-electron chi connectivity index (χ3n) is 6.60. The maximum absolute atomic E-state index is 13.8. The fourth-order valence-electron chi connectivity index (χ4n) is 4.94. The van der Waals surface area contributed by atoms with Gasteiger partial charge in [0.25, 0.3) is 0 Å². The first-order valence-electron chi connectivity index (χ1n) is 11.6. The Morgan fingerprint density at radius 1 is 0.941 bits per heavy atom. The SMILES string of the molecule is CCN1C[C@H](CCN2CCOCC2)C(c2ccccc2)(c2ccccc2)C1=O.O=C(O)C(=O)O. The number of likely N-dealkylation sites (tertiary alicyclic amines) is 1. The third kappa shape index (κ3) is 5.46. The molecule has 2 aliphatic rings. The van der Waals surface area contributed by atoms with E-state index in [0.29, 0.717) is 0 Å². The van der Waals surface area contributed by atoms with E-state index in [-0.39, 0.29) is 11.8 Å². The minimum Gasteiger partial charge on any atom is -0.473 e. The molecule has 0 spiro atoms. The van der Waals surface area contributed by atoms with E-state index in [1.165, 1.54) is 0 Å². The smallest absolute Gasteiger partial charge is 0.414 e. The van der Waals surface area contributed by atoms with Crippen LogP contribution in [0, 0.1) is 5.92 Å². The van der Waals surface area contributed by atoms with Gasteiger partial charge in [0.1, 0.15) is 5.41 Å². The number of carboxylic acid groups (broad SMARTS) is 2. The van der Waals surface area contributed by atoms with E-state index in [9.17, 15) is 4.79 Å². The molecule has 2 N–H and O–H groups in total. The molecular weight excluding hydrogens is 436 g/mol. The van der Waals surface area contributed by atoms with Crippen LogP contribution in [0.2, 0.25) is 0 Å². The molecule has 2 aliphatic heterocycles. The van der Waals surface area contributed by atoms with Crippen LogP contribution in [0.5, 0.6) is 0 Å². The van der Waals surface area contributed by atoms with E-state index in [4.69, 9.17) is 24.5 Å². The molecule has 0 aliphatic carbocycles. The van der Waals surface area contributed by atoms with Gasteiger partial charge in [-0.25, -0.2) is 9.59 Å². The minimum atomic E-state index is -1.82. The van der Waals surface area contributed by atoms with Gasteiger partial charge in [-0.2, -0.15) is 0 Å². The summed E-state index contributed by atoms with van der Waals surface area (Å²) in [6, 6.07) is 20.8. The maximum atomic E-state index is 13.8. The highest BCUT2D eigenvalue weighted by Gasteiger charge is 2.55. The molecular formula is C26H32N2O6. The predicted molar refractivity (Wildman–Crippen MR) is 127 cm³/mol. The van der Waals surface area contributed by atoms with Gasteiger partial charge < -0.3 is 19.8 Å². The van der Waals surface area contributed by atoms with E-state index in [0.717, 1.165) is 63.5 Å². The Balaban J connectivity index is 0.000000481. The molecule has 2 aromatic carbocycles. The van der Waals surface area contributed by atoms with Crippen LogP contribution in [0.1, 0.15) is 24.5 Å². The average Bonchev–Trinajstić information content (AvgIpc) is 3.16. The van der Waals surface area contributed by atoms with Crippen LogP contribution in [0.15, 0.2) is 60.7 Å². The number of carbonyl (C=O) groups excluding carboxylic acids is 1. The van der Waals surface area contributed by atoms with Crippen molar-refractivity contribution in [2.24, 2.45) is 5.92 Å². The van der Waals surface area contributed by atoms with Crippen molar-refractivity contribution in [2.45, 2.75) is 18.8 Å². The van der Waals surface area contributed by atoms with Crippen molar-refractivity contribution < 1.29 is 29.3 Å². The Labute approximate surface area is 199 Å². The van der Waals surface area contributed by atoms with Crippen LogP contribution in [-0.4, -0.2) is 83.8 Å². The van der Waals surface area contributed by atoms with Crippen LogP contribution >= 0.6 is 0 Å². The van der Waals surface area contributed by atoms with Crippen molar-refractivity contribution in [3.63, 3.8) is 0 Å². The van der Waals surface area contributed by atoms with Crippen LogP contribution < -0.4 is 0 Å². The van der Waals surface area contributed by atoms with Crippen molar-refractivity contribution in [1.82, 2.24) is 9.80 Å². The van der Waals surface area contributed by atoms with Gasteiger partial charge in [-0.05, 0) is 31.0 Å². The molecule has 0 bridgehead atoms. The summed E-state index contributed by atoms with van der Waals surface area (Å²) in [5.74, 6) is -3.14. The highest BCUT2D eigenvalue weighted by Crippen LogP contribution is 2.47. The van der Waals surface area contributed by atoms with Gasteiger partial charge in [-0.15, -0.1) is 0 Å². The summed E-state index contributed by atoms with van der Waals surface area (Å²) in [5, 5.41) is 14.8. The number of hydrogen-bond donors (Lipinski definition) is 2. The van der Waals surface area contributed by atoms with Gasteiger partial charge in [0.2, 0.25) is 5.91 Å². The van der Waals surface area contributed by atoms with Crippen LogP contribution in [0.3, 0.4) is 0 Å². The van der Waals surface area contributed by atoms with Crippen LogP contribution in [0.4, 0.5) is 0 Å². The number of likely N-dealkylation sites (N-methyl/N-ethyl adjacent to an activating group) is 1. The predicted octanol–water partition coefficient (Wildman–Crippen LogP) is 2.33. The molecule has 0 aromatic heterocycles. The number of ether oxygens (including phenoxy) is 1. The maximum Gasteiger partial charge on any atom is 0.414 e. The molecule has 2 aromatic rings. The Bertz CT molecular complexity index is 908. The first-order valence-corrected chi connectivity index (χ1v) is 11.6. The number of rotatable bonds is 6. The number of carboxylic acids is 2. The van der Waals surface area contributed by atoms with E-state index >= 15 is 0 Å². The molecule has 182 valence electrons. The highest BCUT2D eigenvalue weighted by atomic mass is 16.5. The molecule has 8 heteroatoms. The summed E-state index contributed by atoms with van der Waals surface area (Å²) in [7, 11) is 0. The monoisotopic (exact) mass is 468 g/mol. The standard InChI is InChI=1S/C24H30N2O2.C2H2O4/c1-2-26-19-22(13-14-25-15-17-28-18-16-25)24(23(26)27,20-9-5-3-6-10-20)21-11-7-4-8-12-21;3-1(4)2(5)6/h3-12,22H,2,13-19H2,1H3;(H,3,4)(H,5,6)/t22-;/m0./s1. The summed E-state index contributed by atoms with van der Waals surface area (Å²) in [5.41, 5.74) is 1.65. The average molecular weight is 469 g/mol. The summed E-state index contributed by atoms with van der Waals surface area (Å²) in [6.07, 6.45) is 1.01. The Hall–Kier alpha value is -3.23. The van der Waals surface area contributed by atoms with Gasteiger partial charge in [-0.1, -0.05) is 60.7 Å². The lowest BCUT2D eigenvalue weighted by atomic mass is 9.66. The second-order valence-electron chi connectivity index (χ2n) is 8.43. The molecule has 4 rings (SSSR count). The lowest BCUT2D eigenvalue weighted by molar-refractivity contribution is -0.159. The molecule has 0 radical (unpaired) electrons. The topological polar surface area (TPSA) is 107 Å². The molecule has 0 saturated carbocycles. The van der Waals surface area contributed by atoms with E-state index in [1.807, 2.05) is 17.0 Å². The zero-order valence-electron chi connectivity index (χ0n) is 19.4. The van der Waals surface area contributed by atoms with Gasteiger partial charge in [0.15, 0.2) is 0 Å². The zero-order chi connectivity index (χ0) is 24.6. The number of morpholine rings is 1. The number of hydrogen-bond acceptors (Lipinski definition) is 5. The fraction of sp³-hybridized carbons (Fsp3) is 0.423.